The molecule has 1 amide bonds. The van der Waals surface area contributed by atoms with Crippen molar-refractivity contribution in [2.75, 3.05) is 7.05 Å². The lowest BCUT2D eigenvalue weighted by Gasteiger charge is -2.20. The van der Waals surface area contributed by atoms with E-state index in [9.17, 15) is 24.5 Å². The largest absolute Gasteiger partial charge is 0.451 e. The number of para-hydroxylation sites is 1. The maximum Gasteiger partial charge on any atom is 0.420 e. The molecule has 33 heavy (non-hydrogen) atoms. The molecule has 0 aliphatic carbocycles. The molecule has 0 N–H and O–H groups in total. The van der Waals surface area contributed by atoms with E-state index in [2.05, 4.69) is 4.98 Å². The Bertz CT molecular complexity index is 1400. The first kappa shape index (κ1) is 22.1. The molecule has 1 atom stereocenters. The summed E-state index contributed by atoms with van der Waals surface area (Å²) in [7, 11) is 1.58. The Morgan fingerprint density at radius 1 is 1.30 bits per heavy atom. The highest BCUT2D eigenvalue weighted by Gasteiger charge is 2.24. The number of likely N-dealkylation sites (N-methyl/N-ethyl adjacent to an activating group) is 1. The predicted octanol–water partition coefficient (Wildman–Crippen LogP) is 2.70. The van der Waals surface area contributed by atoms with E-state index in [1.807, 2.05) is 24.3 Å². The topological polar surface area (TPSA) is 138 Å². The maximum absolute atomic E-state index is 12.7. The van der Waals surface area contributed by atoms with Gasteiger partial charge < -0.3 is 14.1 Å². The van der Waals surface area contributed by atoms with E-state index >= 15 is 0 Å². The number of ether oxygens (including phenoxy) is 1. The van der Waals surface area contributed by atoms with E-state index < -0.39 is 35.2 Å². The zero-order valence-corrected chi connectivity index (χ0v) is 18.4. The summed E-state index contributed by atoms with van der Waals surface area (Å²) in [4.78, 5) is 53.3. The number of hydrogen-bond donors (Lipinski definition) is 0. The number of nitrogens with zero attached hydrogens (tertiary/aromatic N) is 4. The number of carbonyl (C=O) groups is 2. The Morgan fingerprint density at radius 2 is 2.06 bits per heavy atom. The van der Waals surface area contributed by atoms with E-state index in [0.29, 0.717) is 0 Å². The van der Waals surface area contributed by atoms with Crippen molar-refractivity contribution in [1.82, 2.24) is 14.5 Å². The second-order valence-electron chi connectivity index (χ2n) is 7.26. The molecule has 2 aromatic heterocycles. The molecule has 0 aliphatic heterocycles. The highest BCUT2D eigenvalue weighted by atomic mass is 32.1. The Hall–Kier alpha value is -4.06. The number of nitro groups is 1. The van der Waals surface area contributed by atoms with Crippen molar-refractivity contribution in [2.24, 2.45) is 0 Å². The van der Waals surface area contributed by atoms with Crippen LogP contribution in [-0.4, -0.2) is 44.4 Å². The summed E-state index contributed by atoms with van der Waals surface area (Å²) in [6.45, 7) is 1.18. The fourth-order valence-corrected chi connectivity index (χ4v) is 4.33. The number of aromatic nitrogens is 2. The van der Waals surface area contributed by atoms with Crippen LogP contribution in [0.1, 0.15) is 11.9 Å². The Kier molecular flexibility index (Phi) is 5.92. The molecule has 0 saturated heterocycles. The van der Waals surface area contributed by atoms with Crippen molar-refractivity contribution in [3.8, 4) is 0 Å². The number of oxazole rings is 1. The van der Waals surface area contributed by atoms with Gasteiger partial charge in [0.2, 0.25) is 0 Å². The van der Waals surface area contributed by atoms with Crippen molar-refractivity contribution < 1.29 is 23.7 Å². The monoisotopic (exact) mass is 470 g/mol. The predicted molar refractivity (Wildman–Crippen MR) is 119 cm³/mol. The fourth-order valence-electron chi connectivity index (χ4n) is 3.31. The Morgan fingerprint density at radius 3 is 2.79 bits per heavy atom. The Balaban J connectivity index is 1.40. The molecule has 4 rings (SSSR count). The van der Waals surface area contributed by atoms with Crippen LogP contribution in [0.3, 0.4) is 0 Å². The van der Waals surface area contributed by atoms with Crippen LogP contribution >= 0.6 is 11.3 Å². The van der Waals surface area contributed by atoms with Gasteiger partial charge >= 0.3 is 11.7 Å². The summed E-state index contributed by atoms with van der Waals surface area (Å²) in [5, 5.41) is 11.6. The summed E-state index contributed by atoms with van der Waals surface area (Å²) in [6, 6.07) is 11.2. The zero-order valence-electron chi connectivity index (χ0n) is 17.6. The lowest BCUT2D eigenvalue weighted by molar-refractivity contribution is -0.384. The van der Waals surface area contributed by atoms with Crippen LogP contribution in [0.4, 0.5) is 5.69 Å². The molecule has 0 saturated carbocycles. The lowest BCUT2D eigenvalue weighted by Crippen LogP contribution is -2.38. The maximum atomic E-state index is 12.7. The Labute approximate surface area is 190 Å². The molecule has 0 radical (unpaired) electrons. The van der Waals surface area contributed by atoms with Crippen molar-refractivity contribution in [1.29, 1.82) is 0 Å². The third kappa shape index (κ3) is 4.60. The van der Waals surface area contributed by atoms with Gasteiger partial charge in [0.05, 0.1) is 33.3 Å². The summed E-state index contributed by atoms with van der Waals surface area (Å²) >= 11 is 1.47. The minimum atomic E-state index is -1.09. The molecule has 12 heteroatoms. The van der Waals surface area contributed by atoms with Crippen LogP contribution in [0.15, 0.2) is 51.7 Å². The van der Waals surface area contributed by atoms with E-state index in [1.54, 1.807) is 7.05 Å². The first-order chi connectivity index (χ1) is 15.7. The van der Waals surface area contributed by atoms with Crippen molar-refractivity contribution in [2.45, 2.75) is 26.1 Å². The molecule has 0 spiro atoms. The normalized spacial score (nSPS) is 12.1. The van der Waals surface area contributed by atoms with Crippen LogP contribution < -0.4 is 5.76 Å². The third-order valence-corrected chi connectivity index (χ3v) is 5.91. The van der Waals surface area contributed by atoms with Crippen LogP contribution in [-0.2, 0) is 27.4 Å². The molecule has 170 valence electrons. The second kappa shape index (κ2) is 8.82. The number of hydrogen-bond acceptors (Lipinski definition) is 9. The van der Waals surface area contributed by atoms with Gasteiger partial charge in [-0.25, -0.2) is 9.78 Å². The molecule has 0 fully saturated rings. The SMILES string of the molecule is CC(OC(=O)Cn1c(=O)oc2cc([N+](=O)[O-])ccc21)C(=O)N(C)Cc1nc2ccccc2s1. The van der Waals surface area contributed by atoms with Crippen LogP contribution in [0.5, 0.6) is 0 Å². The number of nitro benzene ring substituents is 1. The number of carbonyl (C=O) groups excluding carboxylic acids is 2. The number of rotatable bonds is 7. The van der Waals surface area contributed by atoms with Crippen molar-refractivity contribution in [3.05, 3.63) is 68.1 Å². The van der Waals surface area contributed by atoms with Gasteiger partial charge in [-0.2, -0.15) is 0 Å². The first-order valence-corrected chi connectivity index (χ1v) is 10.6. The second-order valence-corrected chi connectivity index (χ2v) is 8.38. The van der Waals surface area contributed by atoms with Gasteiger partial charge in [0, 0.05) is 13.1 Å². The van der Waals surface area contributed by atoms with Crippen LogP contribution in [0.2, 0.25) is 0 Å². The number of esters is 1. The summed E-state index contributed by atoms with van der Waals surface area (Å²) in [5.74, 6) is -2.12. The molecule has 2 aromatic carbocycles. The number of fused-ring (bicyclic) bond motifs is 2. The summed E-state index contributed by atoms with van der Waals surface area (Å²) < 4.78 is 12.2. The molecule has 0 bridgehead atoms. The smallest absolute Gasteiger partial charge is 0.420 e. The van der Waals surface area contributed by atoms with Gasteiger partial charge in [0.1, 0.15) is 11.6 Å². The minimum absolute atomic E-state index is 0.0262. The highest BCUT2D eigenvalue weighted by Crippen LogP contribution is 2.23. The molecule has 1 unspecified atom stereocenters. The van der Waals surface area contributed by atoms with Crippen LogP contribution in [0, 0.1) is 10.1 Å². The summed E-state index contributed by atoms with van der Waals surface area (Å²) in [6.07, 6.45) is -1.09. The van der Waals surface area contributed by atoms with Crippen LogP contribution in [0.25, 0.3) is 21.3 Å². The van der Waals surface area contributed by atoms with Gasteiger partial charge in [-0.1, -0.05) is 12.1 Å². The molecular weight excluding hydrogens is 452 g/mol. The van der Waals surface area contributed by atoms with E-state index in [1.165, 1.54) is 35.3 Å². The number of amides is 1. The average Bonchev–Trinajstić information content (AvgIpc) is 3.32. The van der Waals surface area contributed by atoms with E-state index in [4.69, 9.17) is 9.15 Å². The quantitative estimate of drug-likeness (QED) is 0.228. The summed E-state index contributed by atoms with van der Waals surface area (Å²) in [5.41, 5.74) is 0.776. The van der Waals surface area contributed by atoms with Gasteiger partial charge in [-0.3, -0.25) is 24.3 Å². The molecule has 2 heterocycles. The zero-order chi connectivity index (χ0) is 23.7. The van der Waals surface area contributed by atoms with Gasteiger partial charge in [0.25, 0.3) is 11.6 Å². The van der Waals surface area contributed by atoms with Crippen molar-refractivity contribution in [3.63, 3.8) is 0 Å². The molecule has 0 aliphatic rings. The molecule has 4 aromatic rings. The standard InChI is InChI=1S/C21H18N4O7S/c1-12(20(27)23(2)10-18-22-14-5-3-4-6-17(14)33-18)31-19(26)11-24-15-8-7-13(25(29)30)9-16(15)32-21(24)28/h3-9,12H,10-11H2,1-2H3. The number of non-ortho nitro benzene ring substituents is 1. The number of benzene rings is 2. The first-order valence-electron chi connectivity index (χ1n) is 9.79. The van der Waals surface area contributed by atoms with Gasteiger partial charge in [-0.05, 0) is 25.1 Å². The highest BCUT2D eigenvalue weighted by molar-refractivity contribution is 7.18. The minimum Gasteiger partial charge on any atom is -0.451 e. The third-order valence-electron chi connectivity index (χ3n) is 4.89. The molecule has 11 nitrogen and oxygen atoms in total. The van der Waals surface area contributed by atoms with E-state index in [-0.39, 0.29) is 23.3 Å². The fraction of sp³-hybridized carbons (Fsp3) is 0.238. The lowest BCUT2D eigenvalue weighted by atomic mass is 10.3. The van der Waals surface area contributed by atoms with Gasteiger partial charge in [0.15, 0.2) is 11.7 Å². The number of thiazole rings is 1. The van der Waals surface area contributed by atoms with Crippen molar-refractivity contribution >= 4 is 50.2 Å². The average molecular weight is 470 g/mol. The van der Waals surface area contributed by atoms with E-state index in [0.717, 1.165) is 25.9 Å². The van der Waals surface area contributed by atoms with Gasteiger partial charge in [-0.15, -0.1) is 11.3 Å². The molecular formula is C21H18N4O7S.